The fraction of sp³-hybridized carbons (Fsp3) is 0.0385. The Hall–Kier alpha value is -7.08. The van der Waals surface area contributed by atoms with Crippen LogP contribution in [-0.4, -0.2) is 0 Å². The number of anilines is 3. The number of furan rings is 1. The van der Waals surface area contributed by atoms with Crippen LogP contribution in [0, 0.1) is 18.1 Å². The molecule has 0 saturated heterocycles. The van der Waals surface area contributed by atoms with E-state index in [0.29, 0.717) is 5.92 Å². The molecule has 2 aliphatic rings. The van der Waals surface area contributed by atoms with E-state index in [1.807, 2.05) is 6.07 Å². The van der Waals surface area contributed by atoms with Crippen molar-refractivity contribution in [1.82, 2.24) is 0 Å². The van der Waals surface area contributed by atoms with Crippen molar-refractivity contribution in [3.8, 4) is 33.4 Å². The fourth-order valence-electron chi connectivity index (χ4n) is 7.87. The van der Waals surface area contributed by atoms with Crippen molar-refractivity contribution in [1.29, 1.82) is 0 Å². The first-order valence-electron chi connectivity index (χ1n) is 18.5. The van der Waals surface area contributed by atoms with Crippen LogP contribution in [0.25, 0.3) is 60.9 Å². The summed E-state index contributed by atoms with van der Waals surface area (Å²) in [5.41, 5.74) is 15.9. The second kappa shape index (κ2) is 13.5. The van der Waals surface area contributed by atoms with E-state index in [4.69, 9.17) is 4.42 Å². The van der Waals surface area contributed by atoms with Gasteiger partial charge in [0.25, 0.3) is 0 Å². The Morgan fingerprint density at radius 3 is 2.02 bits per heavy atom. The molecule has 1 heterocycles. The van der Waals surface area contributed by atoms with E-state index in [9.17, 15) is 0 Å². The van der Waals surface area contributed by atoms with E-state index in [-0.39, 0.29) is 0 Å². The quantitative estimate of drug-likeness (QED) is 0.166. The van der Waals surface area contributed by atoms with Crippen molar-refractivity contribution in [3.63, 3.8) is 0 Å². The average Bonchev–Trinajstić information content (AvgIpc) is 3.62. The minimum atomic E-state index is 0.451. The molecule has 54 heavy (non-hydrogen) atoms. The summed E-state index contributed by atoms with van der Waals surface area (Å²) >= 11 is 0. The second-order valence-electron chi connectivity index (χ2n) is 14.0. The van der Waals surface area contributed by atoms with Gasteiger partial charge in [0.15, 0.2) is 5.58 Å². The lowest BCUT2D eigenvalue weighted by Crippen LogP contribution is -2.10. The number of hydrogen-bond acceptors (Lipinski definition) is 2. The van der Waals surface area contributed by atoms with Gasteiger partial charge in [0, 0.05) is 33.8 Å². The van der Waals surface area contributed by atoms with Crippen molar-refractivity contribution < 1.29 is 4.42 Å². The van der Waals surface area contributed by atoms with Gasteiger partial charge in [-0.05, 0) is 123 Å². The zero-order valence-electron chi connectivity index (χ0n) is 29.6. The number of benzene rings is 6. The second-order valence-corrected chi connectivity index (χ2v) is 14.0. The zero-order chi connectivity index (χ0) is 35.8. The first-order chi connectivity index (χ1) is 26.7. The molecule has 1 atom stereocenters. The lowest BCUT2D eigenvalue weighted by Gasteiger charge is -2.26. The first-order valence-corrected chi connectivity index (χ1v) is 18.5. The van der Waals surface area contributed by atoms with Gasteiger partial charge in [0.1, 0.15) is 5.58 Å². The number of hydrogen-bond donors (Lipinski definition) is 0. The maximum atomic E-state index is 6.14. The molecule has 0 saturated carbocycles. The van der Waals surface area contributed by atoms with Crippen LogP contribution in [0.5, 0.6) is 0 Å². The Morgan fingerprint density at radius 1 is 0.519 bits per heavy atom. The molecule has 1 unspecified atom stereocenters. The van der Waals surface area contributed by atoms with Crippen LogP contribution in [0.2, 0.25) is 0 Å². The van der Waals surface area contributed by atoms with Gasteiger partial charge >= 0.3 is 0 Å². The van der Waals surface area contributed by atoms with Crippen LogP contribution >= 0.6 is 0 Å². The lowest BCUT2D eigenvalue weighted by molar-refractivity contribution is 0.669. The summed E-state index contributed by atoms with van der Waals surface area (Å²) in [6.45, 7) is 0. The molecule has 0 bridgehead atoms. The molecular formula is C52H35NO. The molecule has 0 aliphatic heterocycles. The van der Waals surface area contributed by atoms with Crippen LogP contribution < -0.4 is 4.90 Å². The van der Waals surface area contributed by atoms with Crippen molar-refractivity contribution in [2.24, 2.45) is 5.92 Å². The van der Waals surface area contributed by atoms with E-state index in [2.05, 4.69) is 205 Å². The Balaban J connectivity index is 1.02. The molecule has 0 spiro atoms. The van der Waals surface area contributed by atoms with Crippen molar-refractivity contribution >= 4 is 44.6 Å². The Kier molecular flexibility index (Phi) is 7.90. The third kappa shape index (κ3) is 5.93. The summed E-state index contributed by atoms with van der Waals surface area (Å²) < 4.78 is 6.14. The van der Waals surface area contributed by atoms with Gasteiger partial charge in [-0.25, -0.2) is 0 Å². The summed E-state index contributed by atoms with van der Waals surface area (Å²) in [5.74, 6) is 0.451. The molecule has 1 aromatic heterocycles. The molecule has 2 nitrogen and oxygen atoms in total. The van der Waals surface area contributed by atoms with Crippen molar-refractivity contribution in [3.05, 3.63) is 217 Å². The Labute approximate surface area is 316 Å². The van der Waals surface area contributed by atoms with Gasteiger partial charge in [0.05, 0.1) is 0 Å². The van der Waals surface area contributed by atoms with Crippen LogP contribution in [0.3, 0.4) is 0 Å². The van der Waals surface area contributed by atoms with Gasteiger partial charge < -0.3 is 9.32 Å². The summed E-state index contributed by atoms with van der Waals surface area (Å²) in [5, 5.41) is 2.08. The van der Waals surface area contributed by atoms with Gasteiger partial charge in [-0.2, -0.15) is 0 Å². The largest absolute Gasteiger partial charge is 0.447 e. The molecule has 0 amide bonds. The molecular weight excluding hydrogens is 655 g/mol. The van der Waals surface area contributed by atoms with Gasteiger partial charge in [0.2, 0.25) is 0 Å². The lowest BCUT2D eigenvalue weighted by atomic mass is 9.82. The molecule has 2 aliphatic carbocycles. The molecule has 0 N–H and O–H groups in total. The summed E-state index contributed by atoms with van der Waals surface area (Å²) in [6, 6.07) is 62.6. The highest BCUT2D eigenvalue weighted by molar-refractivity contribution is 6.06. The minimum Gasteiger partial charge on any atom is -0.447 e. The molecule has 0 fully saturated rings. The number of rotatable bonds is 7. The molecule has 8 aromatic rings. The van der Waals surface area contributed by atoms with Gasteiger partial charge in [-0.1, -0.05) is 140 Å². The SMILES string of the molecule is c1ccc2c(c#1)oc1ccc(N(c3ccc(-c4cccc(C5=CC=C6C=CC=CC6C5)c4)cc3)c3cccc(-c4ccc(-c5ccccc5)cc4)c3)cc12. The van der Waals surface area contributed by atoms with E-state index < -0.39 is 0 Å². The molecule has 2 heteroatoms. The van der Waals surface area contributed by atoms with Crippen molar-refractivity contribution in [2.45, 2.75) is 6.42 Å². The summed E-state index contributed by atoms with van der Waals surface area (Å²) in [6.07, 6.45) is 14.4. The van der Waals surface area contributed by atoms with Crippen LogP contribution in [-0.2, 0) is 0 Å². The predicted octanol–water partition coefficient (Wildman–Crippen LogP) is 14.1. The van der Waals surface area contributed by atoms with Gasteiger partial charge in [-0.15, -0.1) is 0 Å². The molecule has 254 valence electrons. The smallest absolute Gasteiger partial charge is 0.185 e. The Morgan fingerprint density at radius 2 is 1.19 bits per heavy atom. The maximum Gasteiger partial charge on any atom is 0.185 e. The topological polar surface area (TPSA) is 16.4 Å². The summed E-state index contributed by atoms with van der Waals surface area (Å²) in [4.78, 5) is 2.34. The third-order valence-corrected chi connectivity index (χ3v) is 10.7. The standard InChI is InChI=1S/C52H35NO/c1-2-10-36(11-3-1)38-20-22-39(23-21-38)44-16-9-17-47(34-44)53(48-30-31-52-50(35-48)49-18-6-7-19-51(49)54-52)46-28-26-40(27-29-46)42-14-8-15-43(32-42)45-25-24-37-12-4-5-13-41(37)33-45/h1-6,8-18,20-32,34-35,41H,33H2. The zero-order valence-corrected chi connectivity index (χ0v) is 29.6. The monoisotopic (exact) mass is 689 g/mol. The first kappa shape index (κ1) is 31.6. The molecule has 10 rings (SSSR count). The normalized spacial score (nSPS) is 14.7. The number of nitrogens with zero attached hydrogens (tertiary/aromatic N) is 1. The highest BCUT2D eigenvalue weighted by Gasteiger charge is 2.19. The third-order valence-electron chi connectivity index (χ3n) is 10.7. The van der Waals surface area contributed by atoms with Crippen LogP contribution in [0.4, 0.5) is 17.1 Å². The molecule has 7 aromatic carbocycles. The van der Waals surface area contributed by atoms with Crippen LogP contribution in [0.1, 0.15) is 12.0 Å². The average molecular weight is 690 g/mol. The number of allylic oxidation sites excluding steroid dienone is 8. The van der Waals surface area contributed by atoms with Crippen molar-refractivity contribution in [2.75, 3.05) is 4.90 Å². The minimum absolute atomic E-state index is 0.451. The Bertz CT molecular complexity index is 2780. The van der Waals surface area contributed by atoms with E-state index in [1.54, 1.807) is 0 Å². The van der Waals surface area contributed by atoms with Gasteiger partial charge in [-0.3, -0.25) is 0 Å². The highest BCUT2D eigenvalue weighted by atomic mass is 16.3. The predicted molar refractivity (Wildman–Crippen MR) is 225 cm³/mol. The van der Waals surface area contributed by atoms with Crippen LogP contribution in [0.15, 0.2) is 204 Å². The number of fused-ring (bicyclic) bond motifs is 4. The maximum absolute atomic E-state index is 6.14. The highest BCUT2D eigenvalue weighted by Crippen LogP contribution is 2.41. The van der Waals surface area contributed by atoms with E-state index >= 15 is 0 Å². The summed E-state index contributed by atoms with van der Waals surface area (Å²) in [7, 11) is 0. The van der Waals surface area contributed by atoms with E-state index in [0.717, 1.165) is 51.0 Å². The molecule has 0 radical (unpaired) electrons. The fourth-order valence-corrected chi connectivity index (χ4v) is 7.87. The van der Waals surface area contributed by atoms with E-state index in [1.165, 1.54) is 44.5 Å².